The standard InChI is InChI=1S/C23H20F3N3O3/c1-32-12-11-16-14-22(31,23(24,25)26)29(28-16)21(30)18-13-20(15-7-3-2-4-8-15)27-19-10-6-5-9-17(18)19/h2-10,13,31H,11-12,14H2,1H3. The Balaban J connectivity index is 1.85. The number of halogens is 3. The Kier molecular flexibility index (Phi) is 5.70. The summed E-state index contributed by atoms with van der Waals surface area (Å²) >= 11 is 0. The molecule has 1 aliphatic rings. The van der Waals surface area contributed by atoms with E-state index in [4.69, 9.17) is 4.74 Å². The zero-order valence-corrected chi connectivity index (χ0v) is 17.1. The van der Waals surface area contributed by atoms with Crippen molar-refractivity contribution in [2.75, 3.05) is 13.7 Å². The first-order valence-electron chi connectivity index (χ1n) is 9.89. The van der Waals surface area contributed by atoms with Crippen molar-refractivity contribution in [2.45, 2.75) is 24.7 Å². The Hall–Kier alpha value is -3.30. The number of rotatable bonds is 5. The average molecular weight is 443 g/mol. The number of carbonyl (C=O) groups excluding carboxylic acids is 1. The number of para-hydroxylation sites is 1. The molecule has 0 saturated heterocycles. The summed E-state index contributed by atoms with van der Waals surface area (Å²) in [6.45, 7) is 0.116. The van der Waals surface area contributed by atoms with E-state index in [1.54, 1.807) is 48.5 Å². The molecule has 1 amide bonds. The summed E-state index contributed by atoms with van der Waals surface area (Å²) in [5, 5.41) is 14.9. The number of hydrogen-bond donors (Lipinski definition) is 1. The first-order valence-corrected chi connectivity index (χ1v) is 9.89. The van der Waals surface area contributed by atoms with Crippen molar-refractivity contribution in [1.29, 1.82) is 0 Å². The lowest BCUT2D eigenvalue weighted by atomic mass is 10.0. The number of fused-ring (bicyclic) bond motifs is 1. The van der Waals surface area contributed by atoms with E-state index in [0.717, 1.165) is 0 Å². The normalized spacial score (nSPS) is 18.8. The number of aliphatic hydroxyl groups is 1. The lowest BCUT2D eigenvalue weighted by molar-refractivity contribution is -0.297. The van der Waals surface area contributed by atoms with E-state index in [1.165, 1.54) is 13.2 Å². The van der Waals surface area contributed by atoms with Crippen LogP contribution >= 0.6 is 0 Å². The molecule has 1 N–H and O–H groups in total. The van der Waals surface area contributed by atoms with Gasteiger partial charge in [0.25, 0.3) is 11.6 Å². The summed E-state index contributed by atoms with van der Waals surface area (Å²) in [5.74, 6) is -1.06. The number of hydrazone groups is 1. The van der Waals surface area contributed by atoms with Gasteiger partial charge in [-0.1, -0.05) is 48.5 Å². The molecule has 1 atom stereocenters. The summed E-state index contributed by atoms with van der Waals surface area (Å²) in [5.41, 5.74) is -1.88. The topological polar surface area (TPSA) is 75.0 Å². The third kappa shape index (κ3) is 3.85. The van der Waals surface area contributed by atoms with E-state index in [1.807, 2.05) is 6.07 Å². The van der Waals surface area contributed by atoms with Gasteiger partial charge < -0.3 is 9.84 Å². The summed E-state index contributed by atoms with van der Waals surface area (Å²) in [6, 6.07) is 17.1. The molecular weight excluding hydrogens is 423 g/mol. The highest BCUT2D eigenvalue weighted by Gasteiger charge is 2.63. The van der Waals surface area contributed by atoms with Crippen LogP contribution in [0.1, 0.15) is 23.2 Å². The SMILES string of the molecule is COCCC1=NN(C(=O)c2cc(-c3ccccc3)nc3ccccc23)C(O)(C(F)(F)F)C1. The van der Waals surface area contributed by atoms with Gasteiger partial charge >= 0.3 is 6.18 Å². The fourth-order valence-electron chi connectivity index (χ4n) is 3.63. The van der Waals surface area contributed by atoms with Gasteiger partial charge in [0.2, 0.25) is 0 Å². The third-order valence-corrected chi connectivity index (χ3v) is 5.30. The Morgan fingerprint density at radius 3 is 2.53 bits per heavy atom. The van der Waals surface area contributed by atoms with Crippen LogP contribution in [0.5, 0.6) is 0 Å². The molecule has 0 aliphatic carbocycles. The van der Waals surface area contributed by atoms with Gasteiger partial charge in [0, 0.05) is 36.6 Å². The number of benzene rings is 2. The fraction of sp³-hybridized carbons (Fsp3) is 0.261. The average Bonchev–Trinajstić information content (AvgIpc) is 3.14. The molecule has 9 heteroatoms. The summed E-state index contributed by atoms with van der Waals surface area (Å²) in [4.78, 5) is 18.0. The molecule has 0 spiro atoms. The van der Waals surface area contributed by atoms with E-state index in [-0.39, 0.29) is 29.3 Å². The highest BCUT2D eigenvalue weighted by atomic mass is 19.4. The molecule has 1 aromatic heterocycles. The smallest absolute Gasteiger partial charge is 0.384 e. The molecule has 2 aromatic carbocycles. The van der Waals surface area contributed by atoms with Crippen LogP contribution in [0.2, 0.25) is 0 Å². The Morgan fingerprint density at radius 1 is 1.16 bits per heavy atom. The molecule has 4 rings (SSSR count). The van der Waals surface area contributed by atoms with Crippen LogP contribution < -0.4 is 0 Å². The first-order chi connectivity index (χ1) is 15.2. The lowest BCUT2D eigenvalue weighted by Crippen LogP contribution is -2.56. The molecule has 0 radical (unpaired) electrons. The van der Waals surface area contributed by atoms with Gasteiger partial charge in [0.05, 0.1) is 23.4 Å². The Labute approximate surface area is 181 Å². The Bertz CT molecular complexity index is 1180. The van der Waals surface area contributed by atoms with Crippen molar-refractivity contribution in [2.24, 2.45) is 5.10 Å². The number of methoxy groups -OCH3 is 1. The molecule has 0 saturated carbocycles. The number of nitrogens with zero attached hydrogens (tertiary/aromatic N) is 3. The van der Waals surface area contributed by atoms with E-state index in [0.29, 0.717) is 22.2 Å². The summed E-state index contributed by atoms with van der Waals surface area (Å²) in [6.07, 6.45) is -5.88. The van der Waals surface area contributed by atoms with Gasteiger partial charge in [-0.2, -0.15) is 23.3 Å². The van der Waals surface area contributed by atoms with Gasteiger partial charge in [-0.3, -0.25) is 4.79 Å². The van der Waals surface area contributed by atoms with Crippen LogP contribution in [0.15, 0.2) is 65.8 Å². The number of ether oxygens (including phenoxy) is 1. The largest absolute Gasteiger partial charge is 0.438 e. The van der Waals surface area contributed by atoms with Gasteiger partial charge in [-0.25, -0.2) is 4.98 Å². The number of aromatic nitrogens is 1. The van der Waals surface area contributed by atoms with Crippen LogP contribution in [-0.4, -0.2) is 52.3 Å². The molecule has 1 unspecified atom stereocenters. The monoisotopic (exact) mass is 443 g/mol. The van der Waals surface area contributed by atoms with Crippen LogP contribution in [0, 0.1) is 0 Å². The third-order valence-electron chi connectivity index (χ3n) is 5.30. The highest BCUT2D eigenvalue weighted by Crippen LogP contribution is 2.42. The van der Waals surface area contributed by atoms with Crippen molar-refractivity contribution >= 4 is 22.5 Å². The zero-order valence-electron chi connectivity index (χ0n) is 17.1. The maximum Gasteiger partial charge on any atom is 0.438 e. The molecule has 32 heavy (non-hydrogen) atoms. The molecule has 3 aromatic rings. The zero-order chi connectivity index (χ0) is 22.9. The number of alkyl halides is 3. The minimum Gasteiger partial charge on any atom is -0.384 e. The predicted molar refractivity (Wildman–Crippen MR) is 113 cm³/mol. The van der Waals surface area contributed by atoms with Crippen molar-refractivity contribution in [3.05, 3.63) is 66.2 Å². The van der Waals surface area contributed by atoms with Crippen LogP contribution in [0.25, 0.3) is 22.2 Å². The second kappa shape index (κ2) is 8.33. The van der Waals surface area contributed by atoms with Crippen molar-refractivity contribution < 1.29 is 27.8 Å². The second-order valence-corrected chi connectivity index (χ2v) is 7.46. The predicted octanol–water partition coefficient (Wildman–Crippen LogP) is 4.39. The van der Waals surface area contributed by atoms with Crippen LogP contribution in [0.4, 0.5) is 13.2 Å². The van der Waals surface area contributed by atoms with Gasteiger partial charge in [0.1, 0.15) is 0 Å². The molecule has 0 fully saturated rings. The fourth-order valence-corrected chi connectivity index (χ4v) is 3.63. The molecule has 0 bridgehead atoms. The van der Waals surface area contributed by atoms with Crippen molar-refractivity contribution in [3.63, 3.8) is 0 Å². The van der Waals surface area contributed by atoms with E-state index in [2.05, 4.69) is 10.1 Å². The minimum atomic E-state index is -5.11. The van der Waals surface area contributed by atoms with Crippen molar-refractivity contribution in [1.82, 2.24) is 9.99 Å². The summed E-state index contributed by atoms with van der Waals surface area (Å²) < 4.78 is 46.5. The van der Waals surface area contributed by atoms with Gasteiger partial charge in [-0.15, -0.1) is 0 Å². The maximum atomic E-state index is 13.9. The van der Waals surface area contributed by atoms with E-state index < -0.39 is 24.2 Å². The second-order valence-electron chi connectivity index (χ2n) is 7.46. The van der Waals surface area contributed by atoms with Crippen molar-refractivity contribution in [3.8, 4) is 11.3 Å². The van der Waals surface area contributed by atoms with Gasteiger partial charge in [-0.05, 0) is 12.1 Å². The lowest BCUT2D eigenvalue weighted by Gasteiger charge is -2.32. The molecule has 1 aliphatic heterocycles. The first kappa shape index (κ1) is 21.9. The molecule has 166 valence electrons. The maximum absolute atomic E-state index is 13.9. The quantitative estimate of drug-likeness (QED) is 0.635. The van der Waals surface area contributed by atoms with Crippen LogP contribution in [0.3, 0.4) is 0 Å². The summed E-state index contributed by atoms with van der Waals surface area (Å²) in [7, 11) is 1.41. The number of amides is 1. The number of hydrogen-bond acceptors (Lipinski definition) is 5. The minimum absolute atomic E-state index is 0.0293. The molecule has 2 heterocycles. The molecular formula is C23H20F3N3O3. The van der Waals surface area contributed by atoms with E-state index >= 15 is 0 Å². The Morgan fingerprint density at radius 2 is 1.84 bits per heavy atom. The van der Waals surface area contributed by atoms with E-state index in [9.17, 15) is 23.1 Å². The molecule has 6 nitrogen and oxygen atoms in total. The highest BCUT2D eigenvalue weighted by molar-refractivity contribution is 6.08. The van der Waals surface area contributed by atoms with Crippen LogP contribution in [-0.2, 0) is 4.74 Å². The number of pyridine rings is 1. The number of carbonyl (C=O) groups is 1. The van der Waals surface area contributed by atoms with Gasteiger partial charge in [0.15, 0.2) is 0 Å².